The highest BCUT2D eigenvalue weighted by molar-refractivity contribution is 14.1. The Hall–Kier alpha value is -1.95. The number of fused-ring (bicyclic) bond motifs is 2. The summed E-state index contributed by atoms with van der Waals surface area (Å²) in [6.07, 6.45) is 6.20. The lowest BCUT2D eigenvalue weighted by molar-refractivity contribution is -0.120. The zero-order valence-corrected chi connectivity index (χ0v) is 14.9. The molecule has 4 heteroatoms. The van der Waals surface area contributed by atoms with Gasteiger partial charge in [0.05, 0.1) is 5.69 Å². The highest BCUT2D eigenvalue weighted by Gasteiger charge is 2.35. The second kappa shape index (κ2) is 5.60. The predicted octanol–water partition coefficient (Wildman–Crippen LogP) is 4.59. The van der Waals surface area contributed by atoms with Gasteiger partial charge in [-0.1, -0.05) is 24.3 Å². The van der Waals surface area contributed by atoms with Gasteiger partial charge in [-0.3, -0.25) is 4.79 Å². The van der Waals surface area contributed by atoms with Crippen molar-refractivity contribution >= 4 is 50.7 Å². The van der Waals surface area contributed by atoms with Crippen LogP contribution in [0.4, 0.5) is 5.69 Å². The third kappa shape index (κ3) is 2.51. The smallest absolute Gasteiger partial charge is 0.277 e. The quantitative estimate of drug-likeness (QED) is 0.629. The molecule has 0 N–H and O–H groups in total. The van der Waals surface area contributed by atoms with Crippen molar-refractivity contribution in [1.29, 1.82) is 0 Å². The van der Waals surface area contributed by atoms with Gasteiger partial charge in [-0.15, -0.1) is 0 Å². The molecule has 1 fully saturated rings. The minimum Gasteiger partial charge on any atom is -0.310 e. The highest BCUT2D eigenvalue weighted by atomic mass is 127. The summed E-state index contributed by atoms with van der Waals surface area (Å²) in [7, 11) is 1.82. The zero-order chi connectivity index (χ0) is 16.0. The van der Waals surface area contributed by atoms with Gasteiger partial charge in [0.25, 0.3) is 5.91 Å². The summed E-state index contributed by atoms with van der Waals surface area (Å²) in [5.74, 6) is -0.0212. The van der Waals surface area contributed by atoms with Crippen molar-refractivity contribution in [2.75, 3.05) is 7.05 Å². The van der Waals surface area contributed by atoms with E-state index in [0.29, 0.717) is 5.71 Å². The maximum absolute atomic E-state index is 12.5. The number of hydrogen-bond acceptors (Lipinski definition) is 2. The highest BCUT2D eigenvalue weighted by Crippen LogP contribution is 2.32. The minimum absolute atomic E-state index is 0.0212. The number of rotatable bonds is 1. The average molecular weight is 414 g/mol. The van der Waals surface area contributed by atoms with Crippen LogP contribution < -0.4 is 0 Å². The summed E-state index contributed by atoms with van der Waals surface area (Å²) in [5.41, 5.74) is 3.35. The Balaban J connectivity index is 1.81. The lowest BCUT2D eigenvalue weighted by atomic mass is 10.0. The molecule has 3 nitrogen and oxygen atoms in total. The molecule has 1 aliphatic heterocycles. The number of likely N-dealkylation sites (tertiary alicyclic amines) is 1. The number of benzene rings is 2. The van der Waals surface area contributed by atoms with E-state index in [1.54, 1.807) is 4.90 Å². The fraction of sp³-hybridized carbons (Fsp3) is 0.158. The van der Waals surface area contributed by atoms with Crippen LogP contribution in [0.25, 0.3) is 10.8 Å². The van der Waals surface area contributed by atoms with Crippen molar-refractivity contribution in [1.82, 2.24) is 4.90 Å². The van der Waals surface area contributed by atoms with Gasteiger partial charge in [0.15, 0.2) is 0 Å². The van der Waals surface area contributed by atoms with E-state index in [0.717, 1.165) is 35.2 Å². The topological polar surface area (TPSA) is 32.7 Å². The average Bonchev–Trinajstić information content (AvgIpc) is 2.80. The van der Waals surface area contributed by atoms with E-state index in [9.17, 15) is 4.79 Å². The molecule has 23 heavy (non-hydrogen) atoms. The molecule has 0 saturated carbocycles. The molecule has 0 aromatic heterocycles. The Kier molecular flexibility index (Phi) is 3.56. The molecule has 0 spiro atoms. The van der Waals surface area contributed by atoms with Crippen molar-refractivity contribution < 1.29 is 4.79 Å². The number of carbonyl (C=O) groups excluding carboxylic acids is 1. The summed E-state index contributed by atoms with van der Waals surface area (Å²) >= 11 is 2.31. The van der Waals surface area contributed by atoms with Crippen molar-refractivity contribution in [3.05, 3.63) is 63.4 Å². The van der Waals surface area contributed by atoms with Crippen molar-refractivity contribution in [3.63, 3.8) is 0 Å². The molecule has 0 bridgehead atoms. The van der Waals surface area contributed by atoms with Gasteiger partial charge in [0.1, 0.15) is 5.71 Å². The van der Waals surface area contributed by atoms with Gasteiger partial charge >= 0.3 is 0 Å². The fourth-order valence-corrected chi connectivity index (χ4v) is 3.61. The zero-order valence-electron chi connectivity index (χ0n) is 12.7. The number of amides is 1. The molecule has 0 atom stereocenters. The summed E-state index contributed by atoms with van der Waals surface area (Å²) < 4.78 is 1.21. The molecule has 1 aliphatic carbocycles. The number of hydrogen-bond donors (Lipinski definition) is 0. The van der Waals surface area contributed by atoms with E-state index in [4.69, 9.17) is 0 Å². The van der Waals surface area contributed by atoms with E-state index >= 15 is 0 Å². The van der Waals surface area contributed by atoms with Gasteiger partial charge in [-0.2, -0.15) is 0 Å². The van der Waals surface area contributed by atoms with E-state index in [1.807, 2.05) is 19.2 Å². The molecule has 1 amide bonds. The third-order valence-electron chi connectivity index (χ3n) is 4.28. The Morgan fingerprint density at radius 3 is 2.65 bits per heavy atom. The van der Waals surface area contributed by atoms with Gasteiger partial charge in [0, 0.05) is 21.9 Å². The first-order valence-corrected chi connectivity index (χ1v) is 8.68. The van der Waals surface area contributed by atoms with Crippen LogP contribution in [-0.4, -0.2) is 23.6 Å². The van der Waals surface area contributed by atoms with Gasteiger partial charge in [-0.05, 0) is 70.5 Å². The number of halogens is 1. The molecule has 2 aromatic carbocycles. The Morgan fingerprint density at radius 2 is 1.78 bits per heavy atom. The van der Waals surface area contributed by atoms with Crippen LogP contribution in [0.5, 0.6) is 0 Å². The molecule has 114 valence electrons. The maximum atomic E-state index is 12.5. The van der Waals surface area contributed by atoms with Gasteiger partial charge < -0.3 is 4.90 Å². The predicted molar refractivity (Wildman–Crippen MR) is 102 cm³/mol. The van der Waals surface area contributed by atoms with Gasteiger partial charge in [-0.25, -0.2) is 4.99 Å². The van der Waals surface area contributed by atoms with Crippen molar-refractivity contribution in [2.45, 2.75) is 12.8 Å². The number of nitrogens with zero attached hydrogens (tertiary/aromatic N) is 2. The molecule has 2 aromatic rings. The van der Waals surface area contributed by atoms with Crippen LogP contribution in [-0.2, 0) is 4.79 Å². The molecule has 0 radical (unpaired) electrons. The van der Waals surface area contributed by atoms with Gasteiger partial charge in [0.2, 0.25) is 0 Å². The van der Waals surface area contributed by atoms with E-state index in [2.05, 4.69) is 64.0 Å². The SMILES string of the molecule is CN1C(=O)/C(=N/c2ccc3cc(I)ccc3c2)C2=CCCC=C21. The van der Waals surface area contributed by atoms with E-state index in [-0.39, 0.29) is 5.91 Å². The number of carbonyl (C=O) groups is 1. The van der Waals surface area contributed by atoms with E-state index in [1.165, 1.54) is 8.96 Å². The summed E-state index contributed by atoms with van der Waals surface area (Å²) in [4.78, 5) is 18.9. The summed E-state index contributed by atoms with van der Waals surface area (Å²) in [6.45, 7) is 0. The van der Waals surface area contributed by atoms with E-state index < -0.39 is 0 Å². The third-order valence-corrected chi connectivity index (χ3v) is 4.95. The number of allylic oxidation sites excluding steroid dienone is 3. The first-order valence-electron chi connectivity index (χ1n) is 7.60. The number of aliphatic imine (C=N–C) groups is 1. The monoisotopic (exact) mass is 414 g/mol. The molecule has 1 heterocycles. The first-order chi connectivity index (χ1) is 11.1. The van der Waals surface area contributed by atoms with Crippen LogP contribution in [0, 0.1) is 3.57 Å². The minimum atomic E-state index is -0.0212. The molecule has 0 unspecified atom stereocenters. The van der Waals surface area contributed by atoms with Crippen LogP contribution in [0.2, 0.25) is 0 Å². The Labute approximate surface area is 148 Å². The molecular formula is C19H15IN2O. The van der Waals surface area contributed by atoms with Crippen LogP contribution in [0.15, 0.2) is 64.8 Å². The standard InChI is InChI=1S/C19H15IN2O/c1-22-17-5-3-2-4-16(17)18(19(22)23)21-15-9-7-12-10-14(20)8-6-13(12)11-15/h4-11H,2-3H2,1H3/b21-18+. The Bertz CT molecular complexity index is 924. The first kappa shape index (κ1) is 14.6. The second-order valence-electron chi connectivity index (χ2n) is 5.78. The number of likely N-dealkylation sites (N-methyl/N-ethyl adjacent to an activating group) is 1. The maximum Gasteiger partial charge on any atom is 0.277 e. The Morgan fingerprint density at radius 1 is 1.04 bits per heavy atom. The molecule has 2 aliphatic rings. The van der Waals surface area contributed by atoms with Crippen LogP contribution >= 0.6 is 22.6 Å². The lowest BCUT2D eigenvalue weighted by Gasteiger charge is -2.12. The molecular weight excluding hydrogens is 399 g/mol. The fourth-order valence-electron chi connectivity index (χ4n) is 3.09. The van der Waals surface area contributed by atoms with Crippen LogP contribution in [0.3, 0.4) is 0 Å². The summed E-state index contributed by atoms with van der Waals surface area (Å²) in [6, 6.07) is 12.4. The van der Waals surface area contributed by atoms with Crippen molar-refractivity contribution in [3.8, 4) is 0 Å². The lowest BCUT2D eigenvalue weighted by Crippen LogP contribution is -2.21. The molecule has 4 rings (SSSR count). The van der Waals surface area contributed by atoms with Crippen LogP contribution in [0.1, 0.15) is 12.8 Å². The second-order valence-corrected chi connectivity index (χ2v) is 7.03. The largest absolute Gasteiger partial charge is 0.310 e. The van der Waals surface area contributed by atoms with Crippen molar-refractivity contribution in [2.24, 2.45) is 4.99 Å². The normalized spacial score (nSPS) is 19.1. The summed E-state index contributed by atoms with van der Waals surface area (Å²) in [5, 5.41) is 2.33. The molecule has 1 saturated heterocycles.